The minimum absolute atomic E-state index is 0.180. The molecular formula is C23H25NO6. The van der Waals surface area contributed by atoms with E-state index in [1.165, 1.54) is 6.08 Å². The fourth-order valence-corrected chi connectivity index (χ4v) is 3.18. The molecular weight excluding hydrogens is 386 g/mol. The van der Waals surface area contributed by atoms with Crippen LogP contribution in [0, 0.1) is 0 Å². The second-order valence-electron chi connectivity index (χ2n) is 6.76. The number of fused-ring (bicyclic) bond motifs is 1. The number of amides is 1. The summed E-state index contributed by atoms with van der Waals surface area (Å²) >= 11 is 0. The van der Waals surface area contributed by atoms with Gasteiger partial charge >= 0.3 is 5.97 Å². The summed E-state index contributed by atoms with van der Waals surface area (Å²) in [6.45, 7) is 2.06. The maximum Gasteiger partial charge on any atom is 0.331 e. The average Bonchev–Trinajstić information content (AvgIpc) is 2.77. The highest BCUT2D eigenvalue weighted by molar-refractivity contribution is 5.90. The zero-order valence-electron chi connectivity index (χ0n) is 17.2. The molecule has 30 heavy (non-hydrogen) atoms. The summed E-state index contributed by atoms with van der Waals surface area (Å²) in [6, 6.07) is 12.6. The SMILES string of the molecule is COc1ccc(OC)c(/C=C/C(=O)OC(C)C(=O)NC2CCOc3ccccc32)c1. The van der Waals surface area contributed by atoms with Crippen LogP contribution in [0.25, 0.3) is 6.08 Å². The molecule has 7 nitrogen and oxygen atoms in total. The first-order valence-electron chi connectivity index (χ1n) is 9.64. The third-order valence-electron chi connectivity index (χ3n) is 4.77. The number of para-hydroxylation sites is 1. The van der Waals surface area contributed by atoms with Gasteiger partial charge in [0.25, 0.3) is 5.91 Å². The lowest BCUT2D eigenvalue weighted by atomic mass is 10.0. The number of benzene rings is 2. The van der Waals surface area contributed by atoms with Crippen molar-refractivity contribution in [3.8, 4) is 17.2 Å². The van der Waals surface area contributed by atoms with E-state index in [1.54, 1.807) is 45.4 Å². The smallest absolute Gasteiger partial charge is 0.331 e. The molecule has 2 aromatic carbocycles. The van der Waals surface area contributed by atoms with Crippen LogP contribution in [0.5, 0.6) is 17.2 Å². The van der Waals surface area contributed by atoms with Crippen LogP contribution in [0.3, 0.4) is 0 Å². The van der Waals surface area contributed by atoms with E-state index in [9.17, 15) is 9.59 Å². The van der Waals surface area contributed by atoms with Crippen LogP contribution < -0.4 is 19.5 Å². The standard InChI is InChI=1S/C23H25NO6/c1-15(23(26)24-19-12-13-29-21-7-5-4-6-18(19)21)30-22(25)11-8-16-14-17(27-2)9-10-20(16)28-3/h4-11,14-15,19H,12-13H2,1-3H3,(H,24,26)/b11-8+. The van der Waals surface area contributed by atoms with Gasteiger partial charge in [-0.1, -0.05) is 18.2 Å². The van der Waals surface area contributed by atoms with Crippen molar-refractivity contribution in [2.75, 3.05) is 20.8 Å². The first kappa shape index (κ1) is 21.2. The number of nitrogens with one attached hydrogen (secondary N) is 1. The van der Waals surface area contributed by atoms with E-state index in [-0.39, 0.29) is 11.9 Å². The van der Waals surface area contributed by atoms with Gasteiger partial charge in [0.15, 0.2) is 6.10 Å². The Balaban J connectivity index is 1.59. The van der Waals surface area contributed by atoms with Crippen LogP contribution >= 0.6 is 0 Å². The van der Waals surface area contributed by atoms with Crippen molar-refractivity contribution in [2.24, 2.45) is 0 Å². The minimum atomic E-state index is -0.940. The third kappa shape index (κ3) is 5.11. The van der Waals surface area contributed by atoms with Crippen molar-refractivity contribution in [1.82, 2.24) is 5.32 Å². The lowest BCUT2D eigenvalue weighted by molar-refractivity contribution is -0.150. The van der Waals surface area contributed by atoms with E-state index < -0.39 is 12.1 Å². The zero-order valence-corrected chi connectivity index (χ0v) is 17.2. The topological polar surface area (TPSA) is 83.1 Å². The molecule has 1 amide bonds. The number of rotatable bonds is 7. The Bertz CT molecular complexity index is 939. The Morgan fingerprint density at radius 1 is 1.17 bits per heavy atom. The molecule has 1 aliphatic heterocycles. The molecule has 0 fully saturated rings. The monoisotopic (exact) mass is 411 g/mol. The Morgan fingerprint density at radius 2 is 1.97 bits per heavy atom. The molecule has 0 saturated heterocycles. The van der Waals surface area contributed by atoms with Gasteiger partial charge in [0.2, 0.25) is 0 Å². The molecule has 1 heterocycles. The second kappa shape index (κ2) is 9.82. The van der Waals surface area contributed by atoms with E-state index in [0.29, 0.717) is 30.1 Å². The lowest BCUT2D eigenvalue weighted by Crippen LogP contribution is -2.39. The summed E-state index contributed by atoms with van der Waals surface area (Å²) in [7, 11) is 3.10. The van der Waals surface area contributed by atoms with E-state index in [0.717, 1.165) is 11.3 Å². The number of carbonyl (C=O) groups excluding carboxylic acids is 2. The van der Waals surface area contributed by atoms with Crippen LogP contribution in [-0.2, 0) is 14.3 Å². The number of methoxy groups -OCH3 is 2. The van der Waals surface area contributed by atoms with Gasteiger partial charge in [-0.15, -0.1) is 0 Å². The molecule has 1 N–H and O–H groups in total. The van der Waals surface area contributed by atoms with Crippen molar-refractivity contribution in [3.63, 3.8) is 0 Å². The highest BCUT2D eigenvalue weighted by Crippen LogP contribution is 2.31. The Morgan fingerprint density at radius 3 is 2.73 bits per heavy atom. The fourth-order valence-electron chi connectivity index (χ4n) is 3.18. The van der Waals surface area contributed by atoms with Crippen molar-refractivity contribution < 1.29 is 28.5 Å². The predicted octanol–water partition coefficient (Wildman–Crippen LogP) is 3.29. The molecule has 1 aliphatic rings. The average molecular weight is 411 g/mol. The number of carbonyl (C=O) groups is 2. The van der Waals surface area contributed by atoms with Crippen LogP contribution in [-0.4, -0.2) is 38.8 Å². The lowest BCUT2D eigenvalue weighted by Gasteiger charge is -2.27. The summed E-state index contributed by atoms with van der Waals surface area (Å²) in [5, 5.41) is 2.93. The Hall–Kier alpha value is -3.48. The van der Waals surface area contributed by atoms with E-state index in [1.807, 2.05) is 24.3 Å². The van der Waals surface area contributed by atoms with Gasteiger partial charge in [-0.25, -0.2) is 4.79 Å². The highest BCUT2D eigenvalue weighted by atomic mass is 16.5. The van der Waals surface area contributed by atoms with Crippen molar-refractivity contribution >= 4 is 18.0 Å². The van der Waals surface area contributed by atoms with Gasteiger partial charge in [0.1, 0.15) is 17.2 Å². The predicted molar refractivity (Wildman–Crippen MR) is 112 cm³/mol. The van der Waals surface area contributed by atoms with Crippen LogP contribution in [0.15, 0.2) is 48.5 Å². The van der Waals surface area contributed by atoms with Crippen molar-refractivity contribution in [1.29, 1.82) is 0 Å². The molecule has 3 rings (SSSR count). The summed E-state index contributed by atoms with van der Waals surface area (Å²) in [5.41, 5.74) is 1.57. The van der Waals surface area contributed by atoms with Crippen molar-refractivity contribution in [3.05, 3.63) is 59.7 Å². The van der Waals surface area contributed by atoms with E-state index in [2.05, 4.69) is 5.32 Å². The first-order chi connectivity index (χ1) is 14.5. The Labute approximate surface area is 175 Å². The molecule has 2 atom stereocenters. The van der Waals surface area contributed by atoms with Crippen LogP contribution in [0.2, 0.25) is 0 Å². The molecule has 0 saturated carbocycles. The number of ether oxygens (including phenoxy) is 4. The van der Waals surface area contributed by atoms with Gasteiger partial charge in [0, 0.05) is 23.6 Å². The van der Waals surface area contributed by atoms with Crippen LogP contribution in [0.1, 0.15) is 30.5 Å². The molecule has 2 aromatic rings. The minimum Gasteiger partial charge on any atom is -0.497 e. The molecule has 0 bridgehead atoms. The van der Waals surface area contributed by atoms with Crippen molar-refractivity contribution in [2.45, 2.75) is 25.5 Å². The number of hydrogen-bond donors (Lipinski definition) is 1. The summed E-state index contributed by atoms with van der Waals surface area (Å²) in [5.74, 6) is 0.985. The maximum atomic E-state index is 12.5. The highest BCUT2D eigenvalue weighted by Gasteiger charge is 2.25. The zero-order chi connectivity index (χ0) is 21.5. The molecule has 2 unspecified atom stereocenters. The van der Waals surface area contributed by atoms with E-state index >= 15 is 0 Å². The quantitative estimate of drug-likeness (QED) is 0.556. The normalized spacial score (nSPS) is 16.2. The Kier molecular flexibility index (Phi) is 6.95. The number of esters is 1. The summed E-state index contributed by atoms with van der Waals surface area (Å²) < 4.78 is 21.3. The van der Waals surface area contributed by atoms with Gasteiger partial charge in [-0.05, 0) is 37.3 Å². The van der Waals surface area contributed by atoms with Crippen LogP contribution in [0.4, 0.5) is 0 Å². The van der Waals surface area contributed by atoms with Gasteiger partial charge in [-0.3, -0.25) is 4.79 Å². The molecule has 0 aromatic heterocycles. The third-order valence-corrected chi connectivity index (χ3v) is 4.77. The molecule has 7 heteroatoms. The van der Waals surface area contributed by atoms with Gasteiger partial charge in [0.05, 0.1) is 26.9 Å². The summed E-state index contributed by atoms with van der Waals surface area (Å²) in [6.07, 6.45) is 2.52. The molecule has 0 aliphatic carbocycles. The number of hydrogen-bond acceptors (Lipinski definition) is 6. The second-order valence-corrected chi connectivity index (χ2v) is 6.76. The molecule has 0 radical (unpaired) electrons. The van der Waals surface area contributed by atoms with E-state index in [4.69, 9.17) is 18.9 Å². The van der Waals surface area contributed by atoms with Gasteiger partial charge in [-0.2, -0.15) is 0 Å². The largest absolute Gasteiger partial charge is 0.497 e. The maximum absolute atomic E-state index is 12.5. The fraction of sp³-hybridized carbons (Fsp3) is 0.304. The molecule has 0 spiro atoms. The van der Waals surface area contributed by atoms with Gasteiger partial charge < -0.3 is 24.3 Å². The first-order valence-corrected chi connectivity index (χ1v) is 9.64. The summed E-state index contributed by atoms with van der Waals surface area (Å²) in [4.78, 5) is 24.7. The molecule has 158 valence electrons.